The number of urea groups is 1. The highest BCUT2D eigenvalue weighted by Gasteiger charge is 2.21. The predicted molar refractivity (Wildman–Crippen MR) is 71.6 cm³/mol. The number of carbonyl (C=O) groups is 1. The average Bonchev–Trinajstić information content (AvgIpc) is 2.40. The summed E-state index contributed by atoms with van der Waals surface area (Å²) < 4.78 is 5.31. The molecule has 1 aromatic carbocycles. The summed E-state index contributed by atoms with van der Waals surface area (Å²) in [5, 5.41) is 5.84. The Kier molecular flexibility index (Phi) is 4.59. The standard InChI is InChI=1S/C14H20N2O2/c1-18-13-9-7-12(8-10-13)16-14(17)15-11-5-3-2-4-6-11/h2-6,12-13H,7-10H2,1H3,(H2,15,16,17)/t12-,13+. The van der Waals surface area contributed by atoms with Gasteiger partial charge in [-0.2, -0.15) is 0 Å². The third-order valence-corrected chi connectivity index (χ3v) is 3.37. The molecule has 0 atom stereocenters. The summed E-state index contributed by atoms with van der Waals surface area (Å²) in [6.45, 7) is 0. The van der Waals surface area contributed by atoms with Crippen LogP contribution in [0.4, 0.5) is 10.5 Å². The molecule has 98 valence electrons. The molecule has 0 unspecified atom stereocenters. The van der Waals surface area contributed by atoms with E-state index in [2.05, 4.69) is 10.6 Å². The van der Waals surface area contributed by atoms with E-state index in [1.165, 1.54) is 0 Å². The van der Waals surface area contributed by atoms with Crippen LogP contribution in [0.2, 0.25) is 0 Å². The first-order chi connectivity index (χ1) is 8.78. The number of anilines is 1. The Balaban J connectivity index is 1.75. The fraction of sp³-hybridized carbons (Fsp3) is 0.500. The van der Waals surface area contributed by atoms with E-state index in [0.29, 0.717) is 6.10 Å². The molecular formula is C14H20N2O2. The normalized spacial score (nSPS) is 23.4. The molecule has 1 aromatic rings. The van der Waals surface area contributed by atoms with Gasteiger partial charge in [-0.1, -0.05) is 18.2 Å². The Labute approximate surface area is 108 Å². The van der Waals surface area contributed by atoms with Crippen LogP contribution >= 0.6 is 0 Å². The molecule has 0 heterocycles. The van der Waals surface area contributed by atoms with Gasteiger partial charge >= 0.3 is 6.03 Å². The molecule has 2 N–H and O–H groups in total. The van der Waals surface area contributed by atoms with Crippen molar-refractivity contribution in [1.29, 1.82) is 0 Å². The van der Waals surface area contributed by atoms with E-state index in [0.717, 1.165) is 31.4 Å². The Morgan fingerprint density at radius 2 is 1.83 bits per heavy atom. The van der Waals surface area contributed by atoms with Crippen LogP contribution in [-0.4, -0.2) is 25.3 Å². The molecule has 4 nitrogen and oxygen atoms in total. The average molecular weight is 248 g/mol. The number of amides is 2. The zero-order valence-corrected chi connectivity index (χ0v) is 10.7. The van der Waals surface area contributed by atoms with Crippen LogP contribution in [0, 0.1) is 0 Å². The fourth-order valence-electron chi connectivity index (χ4n) is 2.32. The molecule has 2 amide bonds. The molecule has 0 aromatic heterocycles. The van der Waals surface area contributed by atoms with Crippen LogP contribution in [0.5, 0.6) is 0 Å². The van der Waals surface area contributed by atoms with Crippen LogP contribution < -0.4 is 10.6 Å². The lowest BCUT2D eigenvalue weighted by molar-refractivity contribution is 0.0638. The lowest BCUT2D eigenvalue weighted by Crippen LogP contribution is -2.41. The van der Waals surface area contributed by atoms with Crippen molar-refractivity contribution < 1.29 is 9.53 Å². The molecule has 1 aliphatic carbocycles. The second-order valence-electron chi connectivity index (χ2n) is 4.67. The fourth-order valence-corrected chi connectivity index (χ4v) is 2.32. The highest BCUT2D eigenvalue weighted by molar-refractivity contribution is 5.89. The Morgan fingerprint density at radius 1 is 1.17 bits per heavy atom. The van der Waals surface area contributed by atoms with E-state index in [-0.39, 0.29) is 12.1 Å². The minimum Gasteiger partial charge on any atom is -0.381 e. The summed E-state index contributed by atoms with van der Waals surface area (Å²) in [6.07, 6.45) is 4.38. The van der Waals surface area contributed by atoms with Crippen LogP contribution in [0.3, 0.4) is 0 Å². The van der Waals surface area contributed by atoms with Gasteiger partial charge < -0.3 is 15.4 Å². The minimum atomic E-state index is -0.123. The van der Waals surface area contributed by atoms with Gasteiger partial charge in [0.25, 0.3) is 0 Å². The number of methoxy groups -OCH3 is 1. The number of hydrogen-bond acceptors (Lipinski definition) is 2. The molecule has 1 aliphatic rings. The topological polar surface area (TPSA) is 50.4 Å². The lowest BCUT2D eigenvalue weighted by Gasteiger charge is -2.28. The number of ether oxygens (including phenoxy) is 1. The Morgan fingerprint density at radius 3 is 2.44 bits per heavy atom. The van der Waals surface area contributed by atoms with E-state index in [1.54, 1.807) is 7.11 Å². The van der Waals surface area contributed by atoms with Crippen molar-refractivity contribution >= 4 is 11.7 Å². The summed E-state index contributed by atoms with van der Waals surface area (Å²) in [5.74, 6) is 0. The van der Waals surface area contributed by atoms with E-state index in [9.17, 15) is 4.79 Å². The number of para-hydroxylation sites is 1. The molecule has 1 fully saturated rings. The van der Waals surface area contributed by atoms with Crippen molar-refractivity contribution in [2.45, 2.75) is 37.8 Å². The van der Waals surface area contributed by atoms with E-state index < -0.39 is 0 Å². The molecular weight excluding hydrogens is 228 g/mol. The number of nitrogens with one attached hydrogen (secondary N) is 2. The Hall–Kier alpha value is -1.55. The SMILES string of the molecule is CO[C@H]1CC[C@@H](NC(=O)Nc2ccccc2)CC1. The van der Waals surface area contributed by atoms with Crippen molar-refractivity contribution in [3.05, 3.63) is 30.3 Å². The summed E-state index contributed by atoms with van der Waals surface area (Å²) in [4.78, 5) is 11.8. The van der Waals surface area contributed by atoms with Crippen LogP contribution in [0.25, 0.3) is 0 Å². The first-order valence-corrected chi connectivity index (χ1v) is 6.43. The zero-order valence-electron chi connectivity index (χ0n) is 10.7. The molecule has 1 saturated carbocycles. The van der Waals surface area contributed by atoms with Crippen molar-refractivity contribution in [2.24, 2.45) is 0 Å². The Bertz CT molecular complexity index is 373. The van der Waals surface area contributed by atoms with Crippen molar-refractivity contribution in [3.63, 3.8) is 0 Å². The van der Waals surface area contributed by atoms with Crippen molar-refractivity contribution in [2.75, 3.05) is 12.4 Å². The van der Waals surface area contributed by atoms with Gasteiger partial charge in [0.05, 0.1) is 6.10 Å². The second kappa shape index (κ2) is 6.40. The van der Waals surface area contributed by atoms with Gasteiger partial charge in [-0.3, -0.25) is 0 Å². The second-order valence-corrected chi connectivity index (χ2v) is 4.67. The molecule has 2 rings (SSSR count). The van der Waals surface area contributed by atoms with Gasteiger partial charge in [-0.25, -0.2) is 4.79 Å². The third kappa shape index (κ3) is 3.74. The van der Waals surface area contributed by atoms with Gasteiger partial charge in [0.2, 0.25) is 0 Å². The van der Waals surface area contributed by atoms with Gasteiger partial charge in [-0.05, 0) is 37.8 Å². The maximum Gasteiger partial charge on any atom is 0.319 e. The smallest absolute Gasteiger partial charge is 0.319 e. The van der Waals surface area contributed by atoms with Crippen LogP contribution in [0.15, 0.2) is 30.3 Å². The monoisotopic (exact) mass is 248 g/mol. The van der Waals surface area contributed by atoms with E-state index in [1.807, 2.05) is 30.3 Å². The summed E-state index contributed by atoms with van der Waals surface area (Å²) in [6, 6.07) is 9.62. The number of rotatable bonds is 3. The van der Waals surface area contributed by atoms with Gasteiger partial charge in [0.1, 0.15) is 0 Å². The molecule has 0 spiro atoms. The number of hydrogen-bond donors (Lipinski definition) is 2. The van der Waals surface area contributed by atoms with E-state index >= 15 is 0 Å². The molecule has 0 aliphatic heterocycles. The van der Waals surface area contributed by atoms with Crippen LogP contribution in [0.1, 0.15) is 25.7 Å². The lowest BCUT2D eigenvalue weighted by atomic mass is 9.93. The maximum absolute atomic E-state index is 11.8. The maximum atomic E-state index is 11.8. The largest absolute Gasteiger partial charge is 0.381 e. The zero-order chi connectivity index (χ0) is 12.8. The van der Waals surface area contributed by atoms with Crippen molar-refractivity contribution in [1.82, 2.24) is 5.32 Å². The molecule has 0 saturated heterocycles. The van der Waals surface area contributed by atoms with Crippen LogP contribution in [-0.2, 0) is 4.74 Å². The van der Waals surface area contributed by atoms with Gasteiger partial charge in [0, 0.05) is 18.8 Å². The number of carbonyl (C=O) groups excluding carboxylic acids is 1. The highest BCUT2D eigenvalue weighted by Crippen LogP contribution is 2.20. The van der Waals surface area contributed by atoms with Crippen molar-refractivity contribution in [3.8, 4) is 0 Å². The van der Waals surface area contributed by atoms with E-state index in [4.69, 9.17) is 4.74 Å². The minimum absolute atomic E-state index is 0.123. The third-order valence-electron chi connectivity index (χ3n) is 3.37. The number of benzene rings is 1. The molecule has 4 heteroatoms. The summed E-state index contributed by atoms with van der Waals surface area (Å²) in [7, 11) is 1.75. The van der Waals surface area contributed by atoms with Gasteiger partial charge in [0.15, 0.2) is 0 Å². The summed E-state index contributed by atoms with van der Waals surface area (Å²) in [5.41, 5.74) is 0.820. The first kappa shape index (κ1) is 12.9. The molecule has 0 radical (unpaired) electrons. The highest BCUT2D eigenvalue weighted by atomic mass is 16.5. The molecule has 18 heavy (non-hydrogen) atoms. The van der Waals surface area contributed by atoms with Gasteiger partial charge in [-0.15, -0.1) is 0 Å². The summed E-state index contributed by atoms with van der Waals surface area (Å²) >= 11 is 0. The first-order valence-electron chi connectivity index (χ1n) is 6.43. The predicted octanol–water partition coefficient (Wildman–Crippen LogP) is 2.77. The quantitative estimate of drug-likeness (QED) is 0.864. The molecule has 0 bridgehead atoms.